The highest BCUT2D eigenvalue weighted by Gasteiger charge is 2.33. The molecule has 3 rings (SSSR count). The Morgan fingerprint density at radius 3 is 2.53 bits per heavy atom. The molecule has 1 saturated heterocycles. The van der Waals surface area contributed by atoms with Gasteiger partial charge in [-0.25, -0.2) is 0 Å². The van der Waals surface area contributed by atoms with Gasteiger partial charge in [-0.2, -0.15) is 0 Å². The van der Waals surface area contributed by atoms with Gasteiger partial charge in [-0.15, -0.1) is 0 Å². The zero-order valence-electron chi connectivity index (χ0n) is 11.2. The highest BCUT2D eigenvalue weighted by Crippen LogP contribution is 2.41. The first-order chi connectivity index (χ1) is 8.08. The summed E-state index contributed by atoms with van der Waals surface area (Å²) in [4.78, 5) is 4.90. The molecule has 0 atom stereocenters. The van der Waals surface area contributed by atoms with Crippen molar-refractivity contribution in [3.8, 4) is 0 Å². The predicted molar refractivity (Wildman–Crippen MR) is 74.2 cm³/mol. The molecule has 1 aromatic rings. The molecule has 1 aromatic carbocycles. The van der Waals surface area contributed by atoms with Gasteiger partial charge >= 0.3 is 0 Å². The molecule has 0 aromatic heterocycles. The largest absolute Gasteiger partial charge is 0.373 e. The number of fused-ring (bicyclic) bond motifs is 1. The molecule has 0 bridgehead atoms. The molecule has 2 nitrogen and oxygen atoms in total. The Labute approximate surface area is 104 Å². The smallest absolute Gasteiger partial charge is 0.0404 e. The lowest BCUT2D eigenvalue weighted by Gasteiger charge is -2.22. The van der Waals surface area contributed by atoms with E-state index in [1.54, 1.807) is 0 Å². The molecule has 0 spiro atoms. The summed E-state index contributed by atoms with van der Waals surface area (Å²) in [7, 11) is 2.20. The standard InChI is InChI=1S/C15H22N2/c1-15(2)11-16(3)14-7-6-12(10-13(14)15)17-8-4-5-9-17/h6-7,10H,4-5,8-9,11H2,1-3H3. The van der Waals surface area contributed by atoms with Crippen LogP contribution in [0.2, 0.25) is 0 Å². The summed E-state index contributed by atoms with van der Waals surface area (Å²) in [5.74, 6) is 0. The topological polar surface area (TPSA) is 6.48 Å². The van der Waals surface area contributed by atoms with E-state index < -0.39 is 0 Å². The van der Waals surface area contributed by atoms with Crippen LogP contribution in [0.4, 0.5) is 11.4 Å². The van der Waals surface area contributed by atoms with Crippen molar-refractivity contribution in [1.82, 2.24) is 0 Å². The van der Waals surface area contributed by atoms with Crippen molar-refractivity contribution in [3.63, 3.8) is 0 Å². The second kappa shape index (κ2) is 3.66. The van der Waals surface area contributed by atoms with Crippen molar-refractivity contribution in [1.29, 1.82) is 0 Å². The fourth-order valence-corrected chi connectivity index (χ4v) is 3.33. The van der Waals surface area contributed by atoms with E-state index in [1.165, 1.54) is 42.9 Å². The number of hydrogen-bond donors (Lipinski definition) is 0. The molecular formula is C15H22N2. The van der Waals surface area contributed by atoms with Crippen molar-refractivity contribution >= 4 is 11.4 Å². The van der Waals surface area contributed by atoms with E-state index in [2.05, 4.69) is 48.9 Å². The Kier molecular flexibility index (Phi) is 2.35. The average molecular weight is 230 g/mol. The second-order valence-corrected chi connectivity index (χ2v) is 6.14. The van der Waals surface area contributed by atoms with E-state index in [0.717, 1.165) is 6.54 Å². The van der Waals surface area contributed by atoms with Crippen LogP contribution in [0.1, 0.15) is 32.3 Å². The first-order valence-electron chi connectivity index (χ1n) is 6.68. The summed E-state index contributed by atoms with van der Waals surface area (Å²) in [5.41, 5.74) is 4.65. The summed E-state index contributed by atoms with van der Waals surface area (Å²) < 4.78 is 0. The minimum absolute atomic E-state index is 0.291. The molecule has 0 N–H and O–H groups in total. The monoisotopic (exact) mass is 230 g/mol. The third kappa shape index (κ3) is 1.70. The van der Waals surface area contributed by atoms with Crippen LogP contribution in [0.25, 0.3) is 0 Å². The van der Waals surface area contributed by atoms with Gasteiger partial charge < -0.3 is 9.80 Å². The van der Waals surface area contributed by atoms with Crippen molar-refractivity contribution in [2.75, 3.05) is 36.5 Å². The fraction of sp³-hybridized carbons (Fsp3) is 0.600. The number of hydrogen-bond acceptors (Lipinski definition) is 2. The van der Waals surface area contributed by atoms with Crippen LogP contribution in [-0.2, 0) is 5.41 Å². The Hall–Kier alpha value is -1.18. The first kappa shape index (κ1) is 10.9. The van der Waals surface area contributed by atoms with E-state index in [9.17, 15) is 0 Å². The third-order valence-corrected chi connectivity index (χ3v) is 4.22. The lowest BCUT2D eigenvalue weighted by Crippen LogP contribution is -2.25. The van der Waals surface area contributed by atoms with E-state index in [-0.39, 0.29) is 0 Å². The Morgan fingerprint density at radius 2 is 1.82 bits per heavy atom. The van der Waals surface area contributed by atoms with Gasteiger partial charge in [-0.05, 0) is 36.6 Å². The second-order valence-electron chi connectivity index (χ2n) is 6.14. The van der Waals surface area contributed by atoms with Gasteiger partial charge in [0.2, 0.25) is 0 Å². The van der Waals surface area contributed by atoms with E-state index >= 15 is 0 Å². The van der Waals surface area contributed by atoms with Gasteiger partial charge in [0, 0.05) is 43.5 Å². The lowest BCUT2D eigenvalue weighted by atomic mass is 9.86. The van der Waals surface area contributed by atoms with Crippen molar-refractivity contribution in [2.24, 2.45) is 0 Å². The molecule has 2 heterocycles. The highest BCUT2D eigenvalue weighted by molar-refractivity contribution is 5.67. The summed E-state index contributed by atoms with van der Waals surface area (Å²) in [6.45, 7) is 8.29. The van der Waals surface area contributed by atoms with Gasteiger partial charge in [0.15, 0.2) is 0 Å². The van der Waals surface area contributed by atoms with E-state index in [4.69, 9.17) is 0 Å². The lowest BCUT2D eigenvalue weighted by molar-refractivity contribution is 0.563. The molecule has 2 aliphatic rings. The molecule has 0 saturated carbocycles. The van der Waals surface area contributed by atoms with Gasteiger partial charge in [-0.1, -0.05) is 13.8 Å². The maximum absolute atomic E-state index is 2.52. The van der Waals surface area contributed by atoms with Crippen LogP contribution in [0.5, 0.6) is 0 Å². The third-order valence-electron chi connectivity index (χ3n) is 4.22. The Morgan fingerprint density at radius 1 is 1.12 bits per heavy atom. The SMILES string of the molecule is CN1CC(C)(C)c2cc(N3CCCC3)ccc21. The summed E-state index contributed by atoms with van der Waals surface area (Å²) in [5, 5.41) is 0. The molecule has 0 amide bonds. The number of benzene rings is 1. The number of rotatable bonds is 1. The fourth-order valence-electron chi connectivity index (χ4n) is 3.33. The maximum atomic E-state index is 2.52. The molecular weight excluding hydrogens is 208 g/mol. The average Bonchev–Trinajstić information content (AvgIpc) is 2.87. The van der Waals surface area contributed by atoms with Gasteiger partial charge in [0.1, 0.15) is 0 Å². The van der Waals surface area contributed by atoms with E-state index in [0.29, 0.717) is 5.41 Å². The summed E-state index contributed by atoms with van der Waals surface area (Å²) in [6.07, 6.45) is 2.70. The van der Waals surface area contributed by atoms with Gasteiger partial charge in [0.05, 0.1) is 0 Å². The highest BCUT2D eigenvalue weighted by atomic mass is 15.2. The first-order valence-corrected chi connectivity index (χ1v) is 6.68. The van der Waals surface area contributed by atoms with Gasteiger partial charge in [0.25, 0.3) is 0 Å². The molecule has 0 unspecified atom stereocenters. The number of likely N-dealkylation sites (N-methyl/N-ethyl adjacent to an activating group) is 1. The van der Waals surface area contributed by atoms with Crippen LogP contribution in [0.15, 0.2) is 18.2 Å². The molecule has 2 heteroatoms. The predicted octanol–water partition coefficient (Wildman–Crippen LogP) is 3.01. The zero-order chi connectivity index (χ0) is 12.0. The van der Waals surface area contributed by atoms with Crippen LogP contribution in [0, 0.1) is 0 Å². The van der Waals surface area contributed by atoms with Crippen LogP contribution >= 0.6 is 0 Å². The number of anilines is 2. The molecule has 1 fully saturated rings. The van der Waals surface area contributed by atoms with Crippen LogP contribution in [0.3, 0.4) is 0 Å². The van der Waals surface area contributed by atoms with Crippen molar-refractivity contribution in [2.45, 2.75) is 32.1 Å². The van der Waals surface area contributed by atoms with E-state index in [1.807, 2.05) is 0 Å². The molecule has 92 valence electrons. The summed E-state index contributed by atoms with van der Waals surface area (Å²) in [6, 6.07) is 7.02. The van der Waals surface area contributed by atoms with Crippen molar-refractivity contribution in [3.05, 3.63) is 23.8 Å². The quantitative estimate of drug-likeness (QED) is 0.731. The molecule has 0 aliphatic carbocycles. The van der Waals surface area contributed by atoms with Crippen LogP contribution < -0.4 is 9.80 Å². The minimum atomic E-state index is 0.291. The minimum Gasteiger partial charge on any atom is -0.373 e. The van der Waals surface area contributed by atoms with Crippen molar-refractivity contribution < 1.29 is 0 Å². The Bertz CT molecular complexity index is 431. The summed E-state index contributed by atoms with van der Waals surface area (Å²) >= 11 is 0. The Balaban J connectivity index is 2.01. The molecule has 2 aliphatic heterocycles. The number of nitrogens with zero attached hydrogens (tertiary/aromatic N) is 2. The molecule has 0 radical (unpaired) electrons. The van der Waals surface area contributed by atoms with Crippen LogP contribution in [-0.4, -0.2) is 26.7 Å². The maximum Gasteiger partial charge on any atom is 0.0404 e. The molecule has 17 heavy (non-hydrogen) atoms. The van der Waals surface area contributed by atoms with Gasteiger partial charge in [-0.3, -0.25) is 0 Å². The normalized spacial score (nSPS) is 22.1. The zero-order valence-corrected chi connectivity index (χ0v) is 11.2.